The van der Waals surface area contributed by atoms with Crippen molar-refractivity contribution in [2.24, 2.45) is 5.92 Å². The molecule has 0 radical (unpaired) electrons. The zero-order valence-electron chi connectivity index (χ0n) is 11.8. The summed E-state index contributed by atoms with van der Waals surface area (Å²) in [6.45, 7) is 2.96. The van der Waals surface area contributed by atoms with Crippen LogP contribution in [0, 0.1) is 11.7 Å². The van der Waals surface area contributed by atoms with E-state index in [9.17, 15) is 14.0 Å². The van der Waals surface area contributed by atoms with Gasteiger partial charge >= 0.3 is 5.97 Å². The van der Waals surface area contributed by atoms with E-state index in [2.05, 4.69) is 0 Å². The Hall–Kier alpha value is -1.62. The minimum absolute atomic E-state index is 0.00832. The van der Waals surface area contributed by atoms with Crippen molar-refractivity contribution < 1.29 is 18.7 Å². The van der Waals surface area contributed by atoms with Crippen molar-refractivity contribution in [1.82, 2.24) is 4.90 Å². The first-order valence-corrected chi connectivity index (χ1v) is 7.31. The molecule has 1 heterocycles. The third-order valence-corrected chi connectivity index (χ3v) is 3.80. The van der Waals surface area contributed by atoms with E-state index >= 15 is 0 Å². The number of ether oxygens (including phenoxy) is 1. The van der Waals surface area contributed by atoms with Crippen molar-refractivity contribution in [2.45, 2.75) is 19.8 Å². The van der Waals surface area contributed by atoms with Crippen LogP contribution in [0.15, 0.2) is 18.2 Å². The van der Waals surface area contributed by atoms with Gasteiger partial charge in [-0.25, -0.2) is 4.39 Å². The Bertz CT molecular complexity index is 542. The number of hydrogen-bond acceptors (Lipinski definition) is 3. The summed E-state index contributed by atoms with van der Waals surface area (Å²) in [5.41, 5.74) is 0.00832. The van der Waals surface area contributed by atoms with Gasteiger partial charge in [-0.1, -0.05) is 11.6 Å². The third-order valence-electron chi connectivity index (χ3n) is 3.56. The van der Waals surface area contributed by atoms with Crippen molar-refractivity contribution in [3.63, 3.8) is 0 Å². The molecule has 0 N–H and O–H groups in total. The van der Waals surface area contributed by atoms with E-state index in [4.69, 9.17) is 16.3 Å². The van der Waals surface area contributed by atoms with Gasteiger partial charge in [0.05, 0.1) is 18.1 Å². The predicted molar refractivity (Wildman–Crippen MR) is 76.7 cm³/mol. The Morgan fingerprint density at radius 3 is 2.62 bits per heavy atom. The van der Waals surface area contributed by atoms with E-state index in [1.54, 1.807) is 11.8 Å². The highest BCUT2D eigenvalue weighted by atomic mass is 35.5. The molecule has 0 unspecified atom stereocenters. The molecule has 0 atom stereocenters. The molecule has 1 fully saturated rings. The lowest BCUT2D eigenvalue weighted by Gasteiger charge is -2.31. The number of hydrogen-bond donors (Lipinski definition) is 0. The average molecular weight is 314 g/mol. The fraction of sp³-hybridized carbons (Fsp3) is 0.467. The van der Waals surface area contributed by atoms with Crippen LogP contribution in [0.1, 0.15) is 30.1 Å². The zero-order valence-corrected chi connectivity index (χ0v) is 12.5. The maximum atomic E-state index is 13.8. The van der Waals surface area contributed by atoms with Gasteiger partial charge in [-0.2, -0.15) is 0 Å². The molecule has 2 rings (SSSR count). The fourth-order valence-corrected chi connectivity index (χ4v) is 2.57. The van der Waals surface area contributed by atoms with Gasteiger partial charge < -0.3 is 9.64 Å². The summed E-state index contributed by atoms with van der Waals surface area (Å²) in [5.74, 6) is -1.39. The van der Waals surface area contributed by atoms with Crippen LogP contribution in [0.3, 0.4) is 0 Å². The first-order chi connectivity index (χ1) is 10.0. The van der Waals surface area contributed by atoms with Crippen molar-refractivity contribution in [2.75, 3.05) is 19.7 Å². The standard InChI is InChI=1S/C15H17ClFNO3/c1-2-21-15(20)10-5-7-18(8-6-10)14(19)12-4-3-11(16)9-13(12)17/h3-4,9-10H,2,5-8H2,1H3. The molecule has 1 aliphatic heterocycles. The van der Waals surface area contributed by atoms with Gasteiger partial charge in [0.15, 0.2) is 0 Å². The summed E-state index contributed by atoms with van der Waals surface area (Å²) in [7, 11) is 0. The lowest BCUT2D eigenvalue weighted by atomic mass is 9.96. The maximum Gasteiger partial charge on any atom is 0.309 e. The van der Waals surface area contributed by atoms with Crippen LogP contribution in [0.2, 0.25) is 5.02 Å². The Labute approximate surface area is 127 Å². The summed E-state index contributed by atoms with van der Waals surface area (Å²) in [6.07, 6.45) is 1.08. The van der Waals surface area contributed by atoms with Gasteiger partial charge in [0.1, 0.15) is 5.82 Å². The number of carbonyl (C=O) groups is 2. The largest absolute Gasteiger partial charge is 0.466 e. The number of nitrogens with zero attached hydrogens (tertiary/aromatic N) is 1. The molecule has 1 amide bonds. The molecular formula is C15H17ClFNO3. The molecule has 114 valence electrons. The van der Waals surface area contributed by atoms with Crippen LogP contribution in [0.25, 0.3) is 0 Å². The lowest BCUT2D eigenvalue weighted by molar-refractivity contribution is -0.149. The Kier molecular flexibility index (Phi) is 5.17. The number of halogens is 2. The highest BCUT2D eigenvalue weighted by molar-refractivity contribution is 6.30. The normalized spacial score (nSPS) is 15.9. The number of carbonyl (C=O) groups excluding carboxylic acids is 2. The van der Waals surface area contributed by atoms with E-state index in [0.717, 1.165) is 6.07 Å². The Balaban J connectivity index is 1.98. The molecule has 0 bridgehead atoms. The van der Waals surface area contributed by atoms with Gasteiger partial charge in [0, 0.05) is 18.1 Å². The SMILES string of the molecule is CCOC(=O)C1CCN(C(=O)c2ccc(Cl)cc2F)CC1. The molecule has 1 aromatic rings. The lowest BCUT2D eigenvalue weighted by Crippen LogP contribution is -2.41. The highest BCUT2D eigenvalue weighted by Gasteiger charge is 2.29. The predicted octanol–water partition coefficient (Wildman–Crippen LogP) is 2.89. The van der Waals surface area contributed by atoms with Crippen LogP contribution in [-0.4, -0.2) is 36.5 Å². The molecule has 0 spiro atoms. The van der Waals surface area contributed by atoms with Gasteiger partial charge in [-0.3, -0.25) is 9.59 Å². The molecule has 1 saturated heterocycles. The number of rotatable bonds is 3. The smallest absolute Gasteiger partial charge is 0.309 e. The molecule has 21 heavy (non-hydrogen) atoms. The van der Waals surface area contributed by atoms with Crippen molar-refractivity contribution in [3.8, 4) is 0 Å². The van der Waals surface area contributed by atoms with E-state index in [1.165, 1.54) is 12.1 Å². The van der Waals surface area contributed by atoms with Gasteiger partial charge in [-0.15, -0.1) is 0 Å². The maximum absolute atomic E-state index is 13.8. The number of benzene rings is 1. The second kappa shape index (κ2) is 6.89. The molecule has 0 aliphatic carbocycles. The summed E-state index contributed by atoms with van der Waals surface area (Å²) < 4.78 is 18.7. The molecule has 1 aromatic carbocycles. The summed E-state index contributed by atoms with van der Waals surface area (Å²) in [6, 6.07) is 4.00. The van der Waals surface area contributed by atoms with Crippen LogP contribution in [-0.2, 0) is 9.53 Å². The number of esters is 1. The molecule has 6 heteroatoms. The average Bonchev–Trinajstić information content (AvgIpc) is 2.47. The van der Waals surface area contributed by atoms with Crippen molar-refractivity contribution in [3.05, 3.63) is 34.6 Å². The third kappa shape index (κ3) is 3.73. The number of amides is 1. The number of piperidine rings is 1. The van der Waals surface area contributed by atoms with Gasteiger partial charge in [-0.05, 0) is 38.0 Å². The van der Waals surface area contributed by atoms with Gasteiger partial charge in [0.25, 0.3) is 5.91 Å². The Morgan fingerprint density at radius 1 is 1.38 bits per heavy atom. The highest BCUT2D eigenvalue weighted by Crippen LogP contribution is 2.22. The molecule has 1 aliphatic rings. The van der Waals surface area contributed by atoms with E-state index in [1.807, 2.05) is 0 Å². The van der Waals surface area contributed by atoms with Crippen LogP contribution in [0.5, 0.6) is 0 Å². The number of likely N-dealkylation sites (tertiary alicyclic amines) is 1. The molecule has 4 nitrogen and oxygen atoms in total. The summed E-state index contributed by atoms with van der Waals surface area (Å²) in [4.78, 5) is 25.5. The topological polar surface area (TPSA) is 46.6 Å². The fourth-order valence-electron chi connectivity index (χ4n) is 2.41. The van der Waals surface area contributed by atoms with E-state index < -0.39 is 5.82 Å². The van der Waals surface area contributed by atoms with Crippen molar-refractivity contribution in [1.29, 1.82) is 0 Å². The summed E-state index contributed by atoms with van der Waals surface area (Å²) >= 11 is 5.67. The van der Waals surface area contributed by atoms with Crippen molar-refractivity contribution >= 4 is 23.5 Å². The van der Waals surface area contributed by atoms with Gasteiger partial charge in [0.2, 0.25) is 0 Å². The van der Waals surface area contributed by atoms with Crippen LogP contribution >= 0.6 is 11.6 Å². The van der Waals surface area contributed by atoms with E-state index in [0.29, 0.717) is 32.5 Å². The molecular weight excluding hydrogens is 297 g/mol. The second-order valence-electron chi connectivity index (χ2n) is 4.94. The minimum atomic E-state index is -0.625. The van der Waals surface area contributed by atoms with E-state index in [-0.39, 0.29) is 28.4 Å². The quantitative estimate of drug-likeness (QED) is 0.806. The molecule has 0 saturated carbocycles. The zero-order chi connectivity index (χ0) is 15.4. The first-order valence-electron chi connectivity index (χ1n) is 6.94. The molecule has 0 aromatic heterocycles. The Morgan fingerprint density at radius 2 is 2.05 bits per heavy atom. The van der Waals surface area contributed by atoms with Crippen LogP contribution in [0.4, 0.5) is 4.39 Å². The summed E-state index contributed by atoms with van der Waals surface area (Å²) in [5, 5.41) is 0.255. The minimum Gasteiger partial charge on any atom is -0.466 e. The first kappa shape index (κ1) is 15.8. The monoisotopic (exact) mass is 313 g/mol. The second-order valence-corrected chi connectivity index (χ2v) is 5.38. The van der Waals surface area contributed by atoms with Crippen LogP contribution < -0.4 is 0 Å².